The lowest BCUT2D eigenvalue weighted by Gasteiger charge is -2.10. The number of amides is 1. The van der Waals surface area contributed by atoms with E-state index in [1.54, 1.807) is 31.5 Å². The minimum Gasteiger partial charge on any atom is -0.497 e. The number of ether oxygens (including phenoxy) is 3. The Morgan fingerprint density at radius 2 is 1.89 bits per heavy atom. The summed E-state index contributed by atoms with van der Waals surface area (Å²) >= 11 is 5.19. The number of carbonyl (C=O) groups excluding carboxylic acids is 1. The van der Waals surface area contributed by atoms with E-state index in [1.807, 2.05) is 24.3 Å². The van der Waals surface area contributed by atoms with Gasteiger partial charge in [0.25, 0.3) is 5.91 Å². The van der Waals surface area contributed by atoms with Crippen molar-refractivity contribution in [3.63, 3.8) is 0 Å². The molecule has 0 unspecified atom stereocenters. The van der Waals surface area contributed by atoms with Gasteiger partial charge in [0.2, 0.25) is 0 Å². The molecule has 0 heterocycles. The number of primary amides is 1. The van der Waals surface area contributed by atoms with Crippen molar-refractivity contribution in [1.29, 1.82) is 0 Å². The fraction of sp³-hybridized carbons (Fsp3) is 0.167. The zero-order chi connectivity index (χ0) is 19.6. The van der Waals surface area contributed by atoms with E-state index < -0.39 is 5.91 Å². The Kier molecular flexibility index (Phi) is 7.38. The van der Waals surface area contributed by atoms with Gasteiger partial charge in [-0.25, -0.2) is 0 Å². The van der Waals surface area contributed by atoms with Crippen LogP contribution >= 0.6 is 12.2 Å². The molecule has 0 aliphatic heterocycles. The highest BCUT2D eigenvalue weighted by Crippen LogP contribution is 2.27. The molecule has 142 valence electrons. The molecule has 9 heteroatoms. The fourth-order valence-corrected chi connectivity index (χ4v) is 2.20. The fourth-order valence-electron chi connectivity index (χ4n) is 2.03. The molecule has 0 saturated heterocycles. The second kappa shape index (κ2) is 9.97. The molecule has 2 aromatic rings. The number of carbonyl (C=O) groups is 1. The molecule has 0 aliphatic rings. The summed E-state index contributed by atoms with van der Waals surface area (Å²) in [6.07, 6.45) is 1.57. The molecule has 0 fully saturated rings. The lowest BCUT2D eigenvalue weighted by Crippen LogP contribution is -2.23. The summed E-state index contributed by atoms with van der Waals surface area (Å²) in [6, 6.07) is 12.4. The van der Waals surface area contributed by atoms with E-state index in [9.17, 15) is 4.79 Å². The lowest BCUT2D eigenvalue weighted by atomic mass is 10.2. The number of rotatable bonds is 8. The number of nitrogens with one attached hydrogen (secondary N) is 2. The summed E-state index contributed by atoms with van der Waals surface area (Å²) in [4.78, 5) is 10.8. The SMILES string of the molecule is COc1ccc(NC(=S)N/N=C/c2ccc(OCC(N)=O)c(OC)c2)cc1. The van der Waals surface area contributed by atoms with Gasteiger partial charge in [0, 0.05) is 5.69 Å². The van der Waals surface area contributed by atoms with Gasteiger partial charge in [-0.3, -0.25) is 10.2 Å². The van der Waals surface area contributed by atoms with Crippen molar-refractivity contribution in [3.05, 3.63) is 48.0 Å². The Hall–Kier alpha value is -3.33. The van der Waals surface area contributed by atoms with E-state index in [1.165, 1.54) is 7.11 Å². The first kappa shape index (κ1) is 20.0. The van der Waals surface area contributed by atoms with Crippen LogP contribution in [0.5, 0.6) is 17.2 Å². The number of thiocarbonyl (C=S) groups is 1. The molecule has 8 nitrogen and oxygen atoms in total. The maximum atomic E-state index is 10.8. The van der Waals surface area contributed by atoms with Crippen LogP contribution in [0.25, 0.3) is 0 Å². The molecule has 0 bridgehead atoms. The molecule has 2 rings (SSSR count). The zero-order valence-corrected chi connectivity index (χ0v) is 15.7. The number of anilines is 1. The normalized spacial score (nSPS) is 10.3. The van der Waals surface area contributed by atoms with Gasteiger partial charge >= 0.3 is 0 Å². The van der Waals surface area contributed by atoms with Crippen molar-refractivity contribution in [2.24, 2.45) is 10.8 Å². The Balaban J connectivity index is 1.92. The molecule has 27 heavy (non-hydrogen) atoms. The molecule has 0 spiro atoms. The minimum atomic E-state index is -0.565. The molecule has 2 aromatic carbocycles. The number of hydrogen-bond donors (Lipinski definition) is 3. The van der Waals surface area contributed by atoms with Gasteiger partial charge in [0.15, 0.2) is 23.2 Å². The van der Waals surface area contributed by atoms with E-state index in [-0.39, 0.29) is 6.61 Å². The predicted octanol–water partition coefficient (Wildman–Crippen LogP) is 1.89. The Morgan fingerprint density at radius 3 is 2.52 bits per heavy atom. The van der Waals surface area contributed by atoms with Crippen molar-refractivity contribution in [1.82, 2.24) is 5.43 Å². The van der Waals surface area contributed by atoms with Crippen LogP contribution < -0.4 is 30.7 Å². The average molecular weight is 388 g/mol. The van der Waals surface area contributed by atoms with Crippen LogP contribution in [-0.4, -0.2) is 38.1 Å². The highest BCUT2D eigenvalue weighted by atomic mass is 32.1. The predicted molar refractivity (Wildman–Crippen MR) is 108 cm³/mol. The summed E-state index contributed by atoms with van der Waals surface area (Å²) in [7, 11) is 3.11. The van der Waals surface area contributed by atoms with Crippen LogP contribution in [0.4, 0.5) is 5.69 Å². The van der Waals surface area contributed by atoms with Crippen LogP contribution in [0.2, 0.25) is 0 Å². The first-order chi connectivity index (χ1) is 13.0. The largest absolute Gasteiger partial charge is 0.497 e. The molecule has 0 saturated carbocycles. The van der Waals surface area contributed by atoms with Gasteiger partial charge < -0.3 is 25.3 Å². The molecular weight excluding hydrogens is 368 g/mol. The van der Waals surface area contributed by atoms with Crippen LogP contribution in [0.15, 0.2) is 47.6 Å². The summed E-state index contributed by atoms with van der Waals surface area (Å²) in [6.45, 7) is -0.226. The summed E-state index contributed by atoms with van der Waals surface area (Å²) in [5.74, 6) is 1.07. The molecular formula is C18H20N4O4S. The van der Waals surface area contributed by atoms with Gasteiger partial charge in [-0.05, 0) is 60.2 Å². The van der Waals surface area contributed by atoms with Crippen molar-refractivity contribution >= 4 is 35.1 Å². The van der Waals surface area contributed by atoms with E-state index in [0.29, 0.717) is 16.6 Å². The van der Waals surface area contributed by atoms with Gasteiger partial charge in [-0.1, -0.05) is 0 Å². The number of nitrogens with two attached hydrogens (primary N) is 1. The molecule has 4 N–H and O–H groups in total. The van der Waals surface area contributed by atoms with Crippen molar-refractivity contribution < 1.29 is 19.0 Å². The first-order valence-electron chi connectivity index (χ1n) is 7.85. The number of hydrogen-bond acceptors (Lipinski definition) is 6. The van der Waals surface area contributed by atoms with Crippen LogP contribution in [0, 0.1) is 0 Å². The second-order valence-electron chi connectivity index (χ2n) is 5.22. The lowest BCUT2D eigenvalue weighted by molar-refractivity contribution is -0.119. The molecule has 0 aromatic heterocycles. The van der Waals surface area contributed by atoms with Crippen molar-refractivity contribution in [2.75, 3.05) is 26.1 Å². The first-order valence-corrected chi connectivity index (χ1v) is 8.26. The smallest absolute Gasteiger partial charge is 0.255 e. The third kappa shape index (κ3) is 6.48. The maximum Gasteiger partial charge on any atom is 0.255 e. The van der Waals surface area contributed by atoms with Crippen molar-refractivity contribution in [2.45, 2.75) is 0 Å². The third-order valence-electron chi connectivity index (χ3n) is 3.29. The van der Waals surface area contributed by atoms with Gasteiger partial charge in [-0.15, -0.1) is 0 Å². The molecule has 0 aliphatic carbocycles. The summed E-state index contributed by atoms with van der Waals surface area (Å²) in [5.41, 5.74) is 9.35. The number of hydrazone groups is 1. The summed E-state index contributed by atoms with van der Waals surface area (Å²) in [5, 5.41) is 7.42. The summed E-state index contributed by atoms with van der Waals surface area (Å²) < 4.78 is 15.6. The average Bonchev–Trinajstić information content (AvgIpc) is 2.67. The van der Waals surface area contributed by atoms with Gasteiger partial charge in [0.05, 0.1) is 20.4 Å². The number of methoxy groups -OCH3 is 2. The maximum absolute atomic E-state index is 10.8. The Labute approximate surface area is 162 Å². The highest BCUT2D eigenvalue weighted by molar-refractivity contribution is 7.80. The molecule has 0 atom stereocenters. The minimum absolute atomic E-state index is 0.226. The monoisotopic (exact) mass is 388 g/mol. The standard InChI is InChI=1S/C18H20N4O4S/c1-24-14-6-4-13(5-7-14)21-18(27)22-20-10-12-3-8-15(16(9-12)25-2)26-11-17(19)23/h3-10H,11H2,1-2H3,(H2,19,23)(H2,21,22,27)/b20-10+. The topological polar surface area (TPSA) is 107 Å². The number of nitrogens with zero attached hydrogens (tertiary/aromatic N) is 1. The van der Waals surface area contributed by atoms with Crippen LogP contribution in [-0.2, 0) is 4.79 Å². The zero-order valence-electron chi connectivity index (χ0n) is 14.9. The van der Waals surface area contributed by atoms with E-state index >= 15 is 0 Å². The van der Waals surface area contributed by atoms with E-state index in [2.05, 4.69) is 15.8 Å². The van der Waals surface area contributed by atoms with E-state index in [4.69, 9.17) is 32.2 Å². The highest BCUT2D eigenvalue weighted by Gasteiger charge is 2.06. The van der Waals surface area contributed by atoms with Crippen molar-refractivity contribution in [3.8, 4) is 17.2 Å². The van der Waals surface area contributed by atoms with Gasteiger partial charge in [-0.2, -0.15) is 5.10 Å². The second-order valence-corrected chi connectivity index (χ2v) is 5.63. The van der Waals surface area contributed by atoms with Crippen LogP contribution in [0.3, 0.4) is 0 Å². The van der Waals surface area contributed by atoms with Gasteiger partial charge in [0.1, 0.15) is 5.75 Å². The third-order valence-corrected chi connectivity index (χ3v) is 3.48. The molecule has 0 radical (unpaired) electrons. The quantitative estimate of drug-likeness (QED) is 0.360. The molecule has 1 amide bonds. The van der Waals surface area contributed by atoms with Crippen LogP contribution in [0.1, 0.15) is 5.56 Å². The Bertz CT molecular complexity index is 825. The number of benzene rings is 2. The van der Waals surface area contributed by atoms with E-state index in [0.717, 1.165) is 17.0 Å². The Morgan fingerprint density at radius 1 is 1.15 bits per heavy atom.